The first-order valence-electron chi connectivity index (χ1n) is 10.1. The summed E-state index contributed by atoms with van der Waals surface area (Å²) in [6.45, 7) is 7.07. The Morgan fingerprint density at radius 1 is 0.933 bits per heavy atom. The van der Waals surface area contributed by atoms with E-state index in [2.05, 4.69) is 39.6 Å². The molecule has 0 aliphatic heterocycles. The molecule has 11 heteroatoms. The molecule has 172 valence electrons. The molecular formula is C19H36N5O5S+. The average Bonchev–Trinajstić information content (AvgIpc) is 2.68. The molecule has 0 aliphatic carbocycles. The third kappa shape index (κ3) is 10.6. The molecule has 0 heterocycles. The predicted molar refractivity (Wildman–Crippen MR) is 115 cm³/mol. The molecule has 0 spiro atoms. The number of hydrogen-bond acceptors (Lipinski definition) is 6. The van der Waals surface area contributed by atoms with Gasteiger partial charge in [-0.05, 0) is 32.1 Å². The van der Waals surface area contributed by atoms with Gasteiger partial charge >= 0.3 is 0 Å². The van der Waals surface area contributed by atoms with Crippen molar-refractivity contribution in [2.75, 3.05) is 12.3 Å². The molecule has 0 aliphatic rings. The van der Waals surface area contributed by atoms with Crippen molar-refractivity contribution in [3.63, 3.8) is 0 Å². The van der Waals surface area contributed by atoms with Crippen molar-refractivity contribution in [2.24, 2.45) is 5.92 Å². The number of carbonyl (C=O) groups excluding carboxylic acids is 5. The van der Waals surface area contributed by atoms with Crippen LogP contribution >= 0.6 is 12.6 Å². The van der Waals surface area contributed by atoms with Crippen molar-refractivity contribution >= 4 is 42.5 Å². The maximum atomic E-state index is 12.4. The summed E-state index contributed by atoms with van der Waals surface area (Å²) in [5.74, 6) is -2.12. The van der Waals surface area contributed by atoms with Crippen LogP contribution in [0.25, 0.3) is 0 Å². The number of carbonyl (C=O) groups is 5. The summed E-state index contributed by atoms with van der Waals surface area (Å²) in [5, 5.41) is 10.2. The van der Waals surface area contributed by atoms with Crippen LogP contribution in [-0.4, -0.2) is 66.4 Å². The van der Waals surface area contributed by atoms with Gasteiger partial charge in [0, 0.05) is 12.7 Å². The lowest BCUT2D eigenvalue weighted by atomic mass is 10.0. The van der Waals surface area contributed by atoms with Gasteiger partial charge in [0.2, 0.25) is 23.6 Å². The molecule has 0 bridgehead atoms. The van der Waals surface area contributed by atoms with Gasteiger partial charge in [-0.3, -0.25) is 19.2 Å². The summed E-state index contributed by atoms with van der Waals surface area (Å²) in [7, 11) is 0. The van der Waals surface area contributed by atoms with Crippen LogP contribution in [0.1, 0.15) is 47.0 Å². The van der Waals surface area contributed by atoms with E-state index in [9.17, 15) is 24.0 Å². The Hall–Kier alpha value is -2.14. The second kappa shape index (κ2) is 14.8. The highest BCUT2D eigenvalue weighted by Gasteiger charge is 2.28. The van der Waals surface area contributed by atoms with Gasteiger partial charge in [0.05, 0.1) is 12.6 Å². The van der Waals surface area contributed by atoms with E-state index >= 15 is 0 Å². The minimum atomic E-state index is -0.966. The Morgan fingerprint density at radius 3 is 2.03 bits per heavy atom. The SMILES string of the molecule is CC(=O)N[C@H](C(=O)N[C@@H](C)C(=O)N[C@@H](CS)C(=O)N[C@H](C=O)CCCC[NH3+])C(C)C. The van der Waals surface area contributed by atoms with Crippen LogP contribution in [0.2, 0.25) is 0 Å². The van der Waals surface area contributed by atoms with Crippen LogP contribution in [0.15, 0.2) is 0 Å². The Bertz CT molecular complexity index is 602. The fraction of sp³-hybridized carbons (Fsp3) is 0.737. The van der Waals surface area contributed by atoms with E-state index in [0.717, 1.165) is 19.4 Å². The Balaban J connectivity index is 4.84. The molecule has 0 aromatic rings. The molecule has 0 radical (unpaired) electrons. The molecule has 7 N–H and O–H groups in total. The lowest BCUT2D eigenvalue weighted by molar-refractivity contribution is -0.368. The van der Waals surface area contributed by atoms with Gasteiger partial charge < -0.3 is 31.8 Å². The van der Waals surface area contributed by atoms with Crippen molar-refractivity contribution in [2.45, 2.75) is 71.1 Å². The largest absolute Gasteiger partial charge is 0.358 e. The lowest BCUT2D eigenvalue weighted by Crippen LogP contribution is -2.57. The fourth-order valence-electron chi connectivity index (χ4n) is 2.61. The third-order valence-electron chi connectivity index (χ3n) is 4.38. The van der Waals surface area contributed by atoms with E-state index in [1.807, 2.05) is 0 Å². The first-order chi connectivity index (χ1) is 14.1. The number of nitrogens with one attached hydrogen (secondary N) is 4. The number of rotatable bonds is 14. The number of aldehydes is 1. The molecule has 0 aromatic heterocycles. The van der Waals surface area contributed by atoms with Gasteiger partial charge in [0.1, 0.15) is 24.4 Å². The number of thiol groups is 1. The highest BCUT2D eigenvalue weighted by Crippen LogP contribution is 2.03. The van der Waals surface area contributed by atoms with Crippen molar-refractivity contribution < 1.29 is 29.7 Å². The van der Waals surface area contributed by atoms with Crippen LogP contribution in [-0.2, 0) is 24.0 Å². The molecule has 30 heavy (non-hydrogen) atoms. The zero-order valence-corrected chi connectivity index (χ0v) is 19.1. The summed E-state index contributed by atoms with van der Waals surface area (Å²) in [6, 6.07) is -3.34. The normalized spacial score (nSPS) is 14.8. The maximum absolute atomic E-state index is 12.4. The topological polar surface area (TPSA) is 161 Å². The van der Waals surface area contributed by atoms with Gasteiger partial charge in [-0.1, -0.05) is 13.8 Å². The molecule has 4 atom stereocenters. The van der Waals surface area contributed by atoms with Crippen LogP contribution in [0.3, 0.4) is 0 Å². The molecule has 10 nitrogen and oxygen atoms in total. The van der Waals surface area contributed by atoms with E-state index in [1.54, 1.807) is 13.8 Å². The minimum absolute atomic E-state index is 0.0171. The molecular weight excluding hydrogens is 410 g/mol. The maximum Gasteiger partial charge on any atom is 0.244 e. The molecule has 0 saturated heterocycles. The number of hydrogen-bond donors (Lipinski definition) is 6. The number of amides is 4. The second-order valence-electron chi connectivity index (χ2n) is 7.50. The zero-order chi connectivity index (χ0) is 23.3. The van der Waals surface area contributed by atoms with Crippen molar-refractivity contribution in [3.05, 3.63) is 0 Å². The lowest BCUT2D eigenvalue weighted by Gasteiger charge is -2.24. The summed E-state index contributed by atoms with van der Waals surface area (Å²) in [6.07, 6.45) is 2.75. The van der Waals surface area contributed by atoms with Gasteiger partial charge in [0.25, 0.3) is 0 Å². The van der Waals surface area contributed by atoms with Gasteiger partial charge in [-0.2, -0.15) is 12.6 Å². The van der Waals surface area contributed by atoms with Crippen molar-refractivity contribution in [1.29, 1.82) is 0 Å². The third-order valence-corrected chi connectivity index (χ3v) is 4.75. The monoisotopic (exact) mass is 446 g/mol. The Morgan fingerprint density at radius 2 is 1.57 bits per heavy atom. The summed E-state index contributed by atoms with van der Waals surface area (Å²) in [5.41, 5.74) is 3.73. The zero-order valence-electron chi connectivity index (χ0n) is 18.2. The molecule has 0 saturated carbocycles. The van der Waals surface area contributed by atoms with Gasteiger partial charge in [-0.15, -0.1) is 0 Å². The molecule has 0 fully saturated rings. The standard InChI is InChI=1S/C19H35N5O5S/c1-11(2)16(22-13(4)26)19(29)21-12(3)17(27)24-15(10-30)18(28)23-14(9-25)7-5-6-8-20/h9,11-12,14-16,30H,5-8,10,20H2,1-4H3,(H,21,29)(H,22,26)(H,23,28)(H,24,27)/p+1/t12-,14-,15-,16-/m0/s1. The summed E-state index contributed by atoms with van der Waals surface area (Å²) in [4.78, 5) is 59.7. The fourth-order valence-corrected chi connectivity index (χ4v) is 2.87. The van der Waals surface area contributed by atoms with E-state index in [4.69, 9.17) is 0 Å². The van der Waals surface area contributed by atoms with Gasteiger partial charge in [0.15, 0.2) is 0 Å². The second-order valence-corrected chi connectivity index (χ2v) is 7.86. The molecule has 0 unspecified atom stereocenters. The average molecular weight is 447 g/mol. The minimum Gasteiger partial charge on any atom is -0.358 e. The summed E-state index contributed by atoms with van der Waals surface area (Å²) < 4.78 is 0. The van der Waals surface area contributed by atoms with Crippen LogP contribution in [0.5, 0.6) is 0 Å². The van der Waals surface area contributed by atoms with Gasteiger partial charge in [-0.25, -0.2) is 0 Å². The van der Waals surface area contributed by atoms with Crippen LogP contribution in [0.4, 0.5) is 0 Å². The number of quaternary nitrogens is 1. The Labute approximate surface area is 183 Å². The number of unbranched alkanes of at least 4 members (excludes halogenated alkanes) is 1. The van der Waals surface area contributed by atoms with E-state index in [0.29, 0.717) is 12.7 Å². The summed E-state index contributed by atoms with van der Waals surface area (Å²) >= 11 is 4.10. The van der Waals surface area contributed by atoms with E-state index in [1.165, 1.54) is 13.8 Å². The van der Waals surface area contributed by atoms with Crippen molar-refractivity contribution in [3.8, 4) is 0 Å². The highest BCUT2D eigenvalue weighted by atomic mass is 32.1. The Kier molecular flexibility index (Phi) is 13.7. The first-order valence-corrected chi connectivity index (χ1v) is 10.7. The quantitative estimate of drug-likeness (QED) is 0.105. The van der Waals surface area contributed by atoms with E-state index < -0.39 is 41.9 Å². The van der Waals surface area contributed by atoms with Crippen LogP contribution < -0.4 is 27.0 Å². The predicted octanol–water partition coefficient (Wildman–Crippen LogP) is -1.84. The molecule has 0 rings (SSSR count). The molecule has 4 amide bonds. The van der Waals surface area contributed by atoms with E-state index in [-0.39, 0.29) is 17.6 Å². The molecule has 0 aromatic carbocycles. The first kappa shape index (κ1) is 27.9. The van der Waals surface area contributed by atoms with Crippen molar-refractivity contribution in [1.82, 2.24) is 21.3 Å². The highest BCUT2D eigenvalue weighted by molar-refractivity contribution is 7.80. The van der Waals surface area contributed by atoms with Crippen LogP contribution in [0, 0.1) is 5.92 Å². The smallest absolute Gasteiger partial charge is 0.244 e.